The first kappa shape index (κ1) is 19.4. The maximum atomic E-state index is 11.0. The van der Waals surface area contributed by atoms with Crippen molar-refractivity contribution in [2.75, 3.05) is 0 Å². The van der Waals surface area contributed by atoms with Gasteiger partial charge in [-0.15, -0.1) is 0 Å². The predicted octanol–water partition coefficient (Wildman–Crippen LogP) is 5.09. The average molecular weight is 377 g/mol. The van der Waals surface area contributed by atoms with Crippen molar-refractivity contribution >= 4 is 28.8 Å². The van der Waals surface area contributed by atoms with E-state index in [2.05, 4.69) is 4.98 Å². The van der Waals surface area contributed by atoms with Crippen LogP contribution in [0, 0.1) is 10.1 Å². The van der Waals surface area contributed by atoms with Crippen molar-refractivity contribution in [1.29, 1.82) is 0 Å². The van der Waals surface area contributed by atoms with Crippen LogP contribution in [-0.2, 0) is 4.79 Å². The Kier molecular flexibility index (Phi) is 6.68. The number of ether oxygens (including phenoxy) is 1. The van der Waals surface area contributed by atoms with Crippen molar-refractivity contribution in [3.05, 3.63) is 63.3 Å². The molecule has 0 fully saturated rings. The lowest BCUT2D eigenvalue weighted by molar-refractivity contribution is -0.385. The van der Waals surface area contributed by atoms with E-state index in [0.29, 0.717) is 23.3 Å². The molecular formula is C18H17ClN2O5. The molecule has 2 aromatic rings. The quantitative estimate of drug-likeness (QED) is 0.391. The minimum Gasteiger partial charge on any atom is -0.478 e. The minimum absolute atomic E-state index is 0.141. The fourth-order valence-corrected chi connectivity index (χ4v) is 2.47. The van der Waals surface area contributed by atoms with Crippen LogP contribution < -0.4 is 4.74 Å². The number of hydrogen-bond donors (Lipinski definition) is 1. The van der Waals surface area contributed by atoms with Crippen molar-refractivity contribution in [1.82, 2.24) is 4.98 Å². The number of allylic oxidation sites excluding steroid dienone is 1. The second-order valence-corrected chi connectivity index (χ2v) is 5.88. The van der Waals surface area contributed by atoms with Crippen molar-refractivity contribution in [2.24, 2.45) is 0 Å². The summed E-state index contributed by atoms with van der Waals surface area (Å²) in [5.41, 5.74) is 1.24. The molecule has 136 valence electrons. The number of nitro groups is 1. The van der Waals surface area contributed by atoms with Gasteiger partial charge in [-0.05, 0) is 36.1 Å². The Labute approximate surface area is 155 Å². The van der Waals surface area contributed by atoms with Crippen LogP contribution in [0.4, 0.5) is 5.69 Å². The number of carboxylic acids is 1. The summed E-state index contributed by atoms with van der Waals surface area (Å²) in [6.45, 7) is 2.03. The number of nitrogens with zero attached hydrogens (tertiary/aromatic N) is 2. The third kappa shape index (κ3) is 5.29. The number of unbranched alkanes of at least 4 members (excludes halogenated alkanes) is 1. The van der Waals surface area contributed by atoms with E-state index in [1.54, 1.807) is 18.2 Å². The van der Waals surface area contributed by atoms with Gasteiger partial charge in [0.25, 0.3) is 5.69 Å². The van der Waals surface area contributed by atoms with Gasteiger partial charge in [-0.25, -0.2) is 9.78 Å². The SMILES string of the molecule is CCCC/C(=C\C(=O)O)c1ccc(Oc2ccc([N+](=O)[O-])cn2)c(Cl)c1. The molecule has 1 aromatic heterocycles. The van der Waals surface area contributed by atoms with E-state index in [4.69, 9.17) is 21.4 Å². The van der Waals surface area contributed by atoms with E-state index < -0.39 is 10.9 Å². The highest BCUT2D eigenvalue weighted by molar-refractivity contribution is 6.32. The van der Waals surface area contributed by atoms with Crippen LogP contribution in [0.15, 0.2) is 42.6 Å². The minimum atomic E-state index is -1.01. The Bertz CT molecular complexity index is 834. The largest absolute Gasteiger partial charge is 0.478 e. The standard InChI is InChI=1S/C18H17ClN2O5/c1-2-3-4-12(10-18(22)23)13-5-7-16(15(19)9-13)26-17-8-6-14(11-20-17)21(24)25/h5-11H,2-4H2,1H3,(H,22,23)/b12-10+. The van der Waals surface area contributed by atoms with Crippen molar-refractivity contribution in [3.8, 4) is 11.6 Å². The highest BCUT2D eigenvalue weighted by atomic mass is 35.5. The van der Waals surface area contributed by atoms with E-state index in [9.17, 15) is 14.9 Å². The van der Waals surface area contributed by atoms with Gasteiger partial charge >= 0.3 is 5.97 Å². The molecule has 0 spiro atoms. The number of benzene rings is 1. The summed E-state index contributed by atoms with van der Waals surface area (Å²) in [5, 5.41) is 20.0. The molecule has 0 aliphatic heterocycles. The van der Waals surface area contributed by atoms with Crippen LogP contribution >= 0.6 is 11.6 Å². The van der Waals surface area contributed by atoms with E-state index in [1.165, 1.54) is 18.2 Å². The zero-order valence-electron chi connectivity index (χ0n) is 14.0. The summed E-state index contributed by atoms with van der Waals surface area (Å²) in [6, 6.07) is 7.62. The van der Waals surface area contributed by atoms with E-state index in [1.807, 2.05) is 6.92 Å². The molecule has 0 radical (unpaired) electrons. The fourth-order valence-electron chi connectivity index (χ4n) is 2.25. The predicted molar refractivity (Wildman–Crippen MR) is 97.6 cm³/mol. The summed E-state index contributed by atoms with van der Waals surface area (Å²) < 4.78 is 5.54. The van der Waals surface area contributed by atoms with Crippen LogP contribution in [0.5, 0.6) is 11.6 Å². The first-order valence-electron chi connectivity index (χ1n) is 7.92. The molecule has 0 atom stereocenters. The molecule has 1 aromatic carbocycles. The Morgan fingerprint density at radius 3 is 2.69 bits per heavy atom. The van der Waals surface area contributed by atoms with E-state index in [0.717, 1.165) is 19.0 Å². The number of carbonyl (C=O) groups is 1. The summed E-state index contributed by atoms with van der Waals surface area (Å²) in [5.74, 6) is -0.526. The van der Waals surface area contributed by atoms with Gasteiger partial charge in [0.2, 0.25) is 5.88 Å². The fraction of sp³-hybridized carbons (Fsp3) is 0.222. The Balaban J connectivity index is 2.22. The van der Waals surface area contributed by atoms with Crippen LogP contribution in [-0.4, -0.2) is 21.0 Å². The second kappa shape index (κ2) is 8.96. The van der Waals surface area contributed by atoms with Crippen LogP contribution in [0.1, 0.15) is 31.7 Å². The summed E-state index contributed by atoms with van der Waals surface area (Å²) in [6.07, 6.45) is 4.71. The van der Waals surface area contributed by atoms with Gasteiger partial charge in [-0.1, -0.05) is 31.0 Å². The van der Waals surface area contributed by atoms with Crippen molar-refractivity contribution in [2.45, 2.75) is 26.2 Å². The van der Waals surface area contributed by atoms with Gasteiger partial charge in [0.1, 0.15) is 11.9 Å². The van der Waals surface area contributed by atoms with Gasteiger partial charge in [0.05, 0.1) is 9.95 Å². The lowest BCUT2D eigenvalue weighted by Crippen LogP contribution is -1.95. The molecule has 0 bridgehead atoms. The lowest BCUT2D eigenvalue weighted by Gasteiger charge is -2.11. The van der Waals surface area contributed by atoms with Crippen LogP contribution in [0.2, 0.25) is 5.02 Å². The lowest BCUT2D eigenvalue weighted by atomic mass is 10.00. The normalized spacial score (nSPS) is 11.2. The first-order chi connectivity index (χ1) is 12.4. The molecule has 26 heavy (non-hydrogen) atoms. The Morgan fingerprint density at radius 2 is 2.15 bits per heavy atom. The molecule has 0 saturated carbocycles. The smallest absolute Gasteiger partial charge is 0.328 e. The molecule has 0 unspecified atom stereocenters. The van der Waals surface area contributed by atoms with Crippen LogP contribution in [0.25, 0.3) is 5.57 Å². The van der Waals surface area contributed by atoms with E-state index in [-0.39, 0.29) is 16.6 Å². The average Bonchev–Trinajstić information content (AvgIpc) is 2.60. The molecule has 0 aliphatic carbocycles. The number of hydrogen-bond acceptors (Lipinski definition) is 5. The zero-order valence-corrected chi connectivity index (χ0v) is 14.8. The number of aliphatic carboxylic acids is 1. The van der Waals surface area contributed by atoms with E-state index >= 15 is 0 Å². The Hall–Kier alpha value is -2.93. The zero-order chi connectivity index (χ0) is 19.1. The monoisotopic (exact) mass is 376 g/mol. The number of rotatable bonds is 8. The molecule has 7 nitrogen and oxygen atoms in total. The van der Waals surface area contributed by atoms with Gasteiger partial charge < -0.3 is 9.84 Å². The first-order valence-corrected chi connectivity index (χ1v) is 8.30. The maximum Gasteiger partial charge on any atom is 0.328 e. The topological polar surface area (TPSA) is 103 Å². The molecule has 0 aliphatic rings. The van der Waals surface area contributed by atoms with Crippen molar-refractivity contribution in [3.63, 3.8) is 0 Å². The molecule has 0 saturated heterocycles. The van der Waals surface area contributed by atoms with Crippen molar-refractivity contribution < 1.29 is 19.6 Å². The molecule has 8 heteroatoms. The number of halogens is 1. The van der Waals surface area contributed by atoms with Gasteiger partial charge in [0.15, 0.2) is 0 Å². The summed E-state index contributed by atoms with van der Waals surface area (Å²) in [4.78, 5) is 25.0. The second-order valence-electron chi connectivity index (χ2n) is 5.47. The molecule has 1 heterocycles. The van der Waals surface area contributed by atoms with Crippen LogP contribution in [0.3, 0.4) is 0 Å². The third-order valence-corrected chi connectivity index (χ3v) is 3.84. The summed E-state index contributed by atoms with van der Waals surface area (Å²) in [7, 11) is 0. The van der Waals surface area contributed by atoms with Gasteiger partial charge in [-0.2, -0.15) is 0 Å². The third-order valence-electron chi connectivity index (χ3n) is 3.55. The van der Waals surface area contributed by atoms with Gasteiger partial charge in [-0.3, -0.25) is 10.1 Å². The highest BCUT2D eigenvalue weighted by Gasteiger charge is 2.11. The molecule has 1 N–H and O–H groups in total. The maximum absolute atomic E-state index is 11.0. The Morgan fingerprint density at radius 1 is 1.38 bits per heavy atom. The summed E-state index contributed by atoms with van der Waals surface area (Å²) >= 11 is 6.24. The van der Waals surface area contributed by atoms with Gasteiger partial charge in [0, 0.05) is 18.2 Å². The molecule has 2 rings (SSSR count). The molecule has 0 amide bonds. The molecular weight excluding hydrogens is 360 g/mol. The highest BCUT2D eigenvalue weighted by Crippen LogP contribution is 2.33. The number of aromatic nitrogens is 1. The number of pyridine rings is 1. The number of carboxylic acid groups (broad SMARTS) is 1.